The summed E-state index contributed by atoms with van der Waals surface area (Å²) in [6.45, 7) is 2.97. The van der Waals surface area contributed by atoms with E-state index in [4.69, 9.17) is 10.5 Å². The van der Waals surface area contributed by atoms with Crippen molar-refractivity contribution in [3.63, 3.8) is 0 Å². The highest BCUT2D eigenvalue weighted by Crippen LogP contribution is 2.27. The number of anilines is 1. The molecule has 0 saturated carbocycles. The molecule has 3 nitrogen and oxygen atoms in total. The van der Waals surface area contributed by atoms with Gasteiger partial charge in [-0.1, -0.05) is 6.07 Å². The molecule has 4 heteroatoms. The molecule has 1 aliphatic rings. The number of piperidine rings is 1. The fourth-order valence-electron chi connectivity index (χ4n) is 2.62. The van der Waals surface area contributed by atoms with Crippen molar-refractivity contribution in [2.24, 2.45) is 11.7 Å². The SMILES string of the molecule is COCC1CCN(c2cccc(F)c2CN)CC1. The van der Waals surface area contributed by atoms with Crippen LogP contribution in [0, 0.1) is 11.7 Å². The van der Waals surface area contributed by atoms with Gasteiger partial charge in [-0.05, 0) is 30.9 Å². The van der Waals surface area contributed by atoms with E-state index in [1.54, 1.807) is 13.2 Å². The lowest BCUT2D eigenvalue weighted by Crippen LogP contribution is -2.35. The number of hydrogen-bond donors (Lipinski definition) is 1. The molecule has 2 rings (SSSR count). The van der Waals surface area contributed by atoms with Crippen LogP contribution in [-0.4, -0.2) is 26.8 Å². The van der Waals surface area contributed by atoms with Crippen molar-refractivity contribution in [3.05, 3.63) is 29.6 Å². The minimum Gasteiger partial charge on any atom is -0.384 e. The second kappa shape index (κ2) is 6.16. The van der Waals surface area contributed by atoms with Crippen molar-refractivity contribution >= 4 is 5.69 Å². The molecule has 0 amide bonds. The van der Waals surface area contributed by atoms with Crippen LogP contribution in [0.25, 0.3) is 0 Å². The maximum absolute atomic E-state index is 13.7. The van der Waals surface area contributed by atoms with Crippen molar-refractivity contribution in [1.29, 1.82) is 0 Å². The van der Waals surface area contributed by atoms with E-state index in [-0.39, 0.29) is 12.4 Å². The summed E-state index contributed by atoms with van der Waals surface area (Å²) in [7, 11) is 1.74. The Labute approximate surface area is 108 Å². The molecule has 0 radical (unpaired) electrons. The van der Waals surface area contributed by atoms with Crippen LogP contribution in [0.15, 0.2) is 18.2 Å². The zero-order valence-electron chi connectivity index (χ0n) is 10.9. The largest absolute Gasteiger partial charge is 0.384 e. The molecule has 0 bridgehead atoms. The molecular weight excluding hydrogens is 231 g/mol. The predicted octanol–water partition coefficient (Wildman–Crippen LogP) is 2.15. The minimum absolute atomic E-state index is 0.200. The maximum Gasteiger partial charge on any atom is 0.129 e. The van der Waals surface area contributed by atoms with Crippen LogP contribution in [0.2, 0.25) is 0 Å². The smallest absolute Gasteiger partial charge is 0.129 e. The molecule has 1 aliphatic heterocycles. The molecule has 1 heterocycles. The van der Waals surface area contributed by atoms with Crippen LogP contribution < -0.4 is 10.6 Å². The lowest BCUT2D eigenvalue weighted by Gasteiger charge is -2.34. The first kappa shape index (κ1) is 13.3. The molecule has 0 aromatic heterocycles. The van der Waals surface area contributed by atoms with E-state index in [0.717, 1.165) is 38.2 Å². The molecule has 1 aromatic rings. The Morgan fingerprint density at radius 1 is 1.39 bits per heavy atom. The summed E-state index contributed by atoms with van der Waals surface area (Å²) in [6.07, 6.45) is 2.18. The molecule has 0 atom stereocenters. The minimum atomic E-state index is -0.200. The Bertz CT molecular complexity index is 389. The monoisotopic (exact) mass is 252 g/mol. The van der Waals surface area contributed by atoms with Crippen LogP contribution in [-0.2, 0) is 11.3 Å². The molecule has 1 fully saturated rings. The van der Waals surface area contributed by atoms with Gasteiger partial charge in [0.2, 0.25) is 0 Å². The standard InChI is InChI=1S/C14H21FN2O/c1-18-10-11-5-7-17(8-6-11)14-4-2-3-13(15)12(14)9-16/h2-4,11H,5-10,16H2,1H3. The van der Waals surface area contributed by atoms with E-state index in [2.05, 4.69) is 4.90 Å². The average Bonchev–Trinajstić information content (AvgIpc) is 2.40. The van der Waals surface area contributed by atoms with Crippen molar-refractivity contribution in [1.82, 2.24) is 0 Å². The third-order valence-corrected chi connectivity index (χ3v) is 3.66. The quantitative estimate of drug-likeness (QED) is 0.892. The van der Waals surface area contributed by atoms with Gasteiger partial charge in [-0.15, -0.1) is 0 Å². The predicted molar refractivity (Wildman–Crippen MR) is 71.1 cm³/mol. The van der Waals surface area contributed by atoms with E-state index in [1.807, 2.05) is 6.07 Å². The third-order valence-electron chi connectivity index (χ3n) is 3.66. The molecular formula is C14H21FN2O. The first-order valence-corrected chi connectivity index (χ1v) is 6.47. The number of benzene rings is 1. The molecule has 18 heavy (non-hydrogen) atoms. The van der Waals surface area contributed by atoms with Gasteiger partial charge in [0.25, 0.3) is 0 Å². The van der Waals surface area contributed by atoms with Gasteiger partial charge in [0.15, 0.2) is 0 Å². The first-order valence-electron chi connectivity index (χ1n) is 6.47. The van der Waals surface area contributed by atoms with E-state index >= 15 is 0 Å². The van der Waals surface area contributed by atoms with Crippen molar-refractivity contribution < 1.29 is 9.13 Å². The van der Waals surface area contributed by atoms with Crippen molar-refractivity contribution in [2.45, 2.75) is 19.4 Å². The number of methoxy groups -OCH3 is 1. The van der Waals surface area contributed by atoms with Gasteiger partial charge >= 0.3 is 0 Å². The van der Waals surface area contributed by atoms with Gasteiger partial charge in [-0.3, -0.25) is 0 Å². The Balaban J connectivity index is 2.07. The fraction of sp³-hybridized carbons (Fsp3) is 0.571. The second-order valence-electron chi connectivity index (χ2n) is 4.83. The molecule has 2 N–H and O–H groups in total. The molecule has 1 aromatic carbocycles. The number of ether oxygens (including phenoxy) is 1. The molecule has 0 spiro atoms. The number of nitrogens with zero attached hydrogens (tertiary/aromatic N) is 1. The van der Waals surface area contributed by atoms with Gasteiger partial charge in [-0.25, -0.2) is 4.39 Å². The normalized spacial score (nSPS) is 17.2. The van der Waals surface area contributed by atoms with Gasteiger partial charge in [0.1, 0.15) is 5.82 Å². The molecule has 100 valence electrons. The van der Waals surface area contributed by atoms with E-state index < -0.39 is 0 Å². The van der Waals surface area contributed by atoms with Crippen LogP contribution in [0.1, 0.15) is 18.4 Å². The van der Waals surface area contributed by atoms with E-state index in [1.165, 1.54) is 6.07 Å². The number of halogens is 1. The summed E-state index contributed by atoms with van der Waals surface area (Å²) in [4.78, 5) is 2.23. The topological polar surface area (TPSA) is 38.5 Å². The van der Waals surface area contributed by atoms with Gasteiger partial charge in [-0.2, -0.15) is 0 Å². The maximum atomic E-state index is 13.7. The first-order chi connectivity index (χ1) is 8.76. The Kier molecular flexibility index (Phi) is 4.55. The van der Waals surface area contributed by atoms with E-state index in [0.29, 0.717) is 11.5 Å². The fourth-order valence-corrected chi connectivity index (χ4v) is 2.62. The number of hydrogen-bond acceptors (Lipinski definition) is 3. The summed E-state index contributed by atoms with van der Waals surface area (Å²) in [5.41, 5.74) is 7.23. The zero-order chi connectivity index (χ0) is 13.0. The van der Waals surface area contributed by atoms with Crippen molar-refractivity contribution in [3.8, 4) is 0 Å². The van der Waals surface area contributed by atoms with Crippen LogP contribution in [0.3, 0.4) is 0 Å². The van der Waals surface area contributed by atoms with Crippen molar-refractivity contribution in [2.75, 3.05) is 31.7 Å². The Hall–Kier alpha value is -1.13. The number of rotatable bonds is 4. The highest BCUT2D eigenvalue weighted by atomic mass is 19.1. The summed E-state index contributed by atoms with van der Waals surface area (Å²) in [5, 5.41) is 0. The molecule has 0 aliphatic carbocycles. The average molecular weight is 252 g/mol. The highest BCUT2D eigenvalue weighted by molar-refractivity contribution is 5.54. The molecule has 0 unspecified atom stereocenters. The van der Waals surface area contributed by atoms with Crippen LogP contribution >= 0.6 is 0 Å². The van der Waals surface area contributed by atoms with Gasteiger partial charge < -0.3 is 15.4 Å². The summed E-state index contributed by atoms with van der Waals surface area (Å²) in [6, 6.07) is 5.19. The van der Waals surface area contributed by atoms with Crippen LogP contribution in [0.4, 0.5) is 10.1 Å². The van der Waals surface area contributed by atoms with Crippen LogP contribution in [0.5, 0.6) is 0 Å². The lowest BCUT2D eigenvalue weighted by molar-refractivity contribution is 0.139. The summed E-state index contributed by atoms with van der Waals surface area (Å²) < 4.78 is 18.9. The van der Waals surface area contributed by atoms with Gasteiger partial charge in [0, 0.05) is 44.6 Å². The van der Waals surface area contributed by atoms with E-state index in [9.17, 15) is 4.39 Å². The number of nitrogens with two attached hydrogens (primary N) is 1. The Morgan fingerprint density at radius 2 is 2.11 bits per heavy atom. The van der Waals surface area contributed by atoms with Gasteiger partial charge in [0.05, 0.1) is 0 Å². The Morgan fingerprint density at radius 3 is 2.72 bits per heavy atom. The third kappa shape index (κ3) is 2.82. The highest BCUT2D eigenvalue weighted by Gasteiger charge is 2.21. The molecule has 1 saturated heterocycles. The summed E-state index contributed by atoms with van der Waals surface area (Å²) >= 11 is 0. The second-order valence-corrected chi connectivity index (χ2v) is 4.83. The lowest BCUT2D eigenvalue weighted by atomic mass is 9.96. The zero-order valence-corrected chi connectivity index (χ0v) is 10.9. The summed E-state index contributed by atoms with van der Waals surface area (Å²) in [5.74, 6) is 0.426.